The molecule has 0 amide bonds. The fourth-order valence-corrected chi connectivity index (χ4v) is 2.03. The van der Waals surface area contributed by atoms with E-state index in [-0.39, 0.29) is 6.04 Å². The summed E-state index contributed by atoms with van der Waals surface area (Å²) >= 11 is 0. The van der Waals surface area contributed by atoms with Gasteiger partial charge in [-0.15, -0.1) is 0 Å². The zero-order valence-corrected chi connectivity index (χ0v) is 10.2. The van der Waals surface area contributed by atoms with E-state index in [1.807, 2.05) is 18.2 Å². The monoisotopic (exact) mass is 235 g/mol. The van der Waals surface area contributed by atoms with Gasteiger partial charge in [0, 0.05) is 12.6 Å². The highest BCUT2D eigenvalue weighted by Gasteiger charge is 2.18. The van der Waals surface area contributed by atoms with Crippen molar-refractivity contribution in [3.8, 4) is 0 Å². The molecule has 1 aliphatic heterocycles. The molecular formula is C14H21NO2. The van der Waals surface area contributed by atoms with Gasteiger partial charge in [-0.25, -0.2) is 0 Å². The van der Waals surface area contributed by atoms with Crippen LogP contribution < -0.4 is 5.73 Å². The standard InChI is InChI=1S/C14H21NO2/c15-13-6-7-14(17-11-13)8-9-16-10-12-4-2-1-3-5-12/h1-5,13-14H,6-11,15H2/t13-,14?/m0/s1. The van der Waals surface area contributed by atoms with E-state index in [4.69, 9.17) is 15.2 Å². The van der Waals surface area contributed by atoms with E-state index in [9.17, 15) is 0 Å². The Morgan fingerprint density at radius 3 is 2.76 bits per heavy atom. The van der Waals surface area contributed by atoms with Gasteiger partial charge in [-0.1, -0.05) is 30.3 Å². The van der Waals surface area contributed by atoms with E-state index < -0.39 is 0 Å². The lowest BCUT2D eigenvalue weighted by molar-refractivity contribution is -0.0177. The Morgan fingerprint density at radius 2 is 2.06 bits per heavy atom. The molecule has 0 aliphatic carbocycles. The van der Waals surface area contributed by atoms with Gasteiger partial charge < -0.3 is 15.2 Å². The molecule has 1 aromatic carbocycles. The van der Waals surface area contributed by atoms with Crippen molar-refractivity contribution in [1.29, 1.82) is 0 Å². The number of ether oxygens (including phenoxy) is 2. The molecule has 17 heavy (non-hydrogen) atoms. The van der Waals surface area contributed by atoms with Crippen LogP contribution in [0.5, 0.6) is 0 Å². The van der Waals surface area contributed by atoms with Crippen LogP contribution in [0.2, 0.25) is 0 Å². The average molecular weight is 235 g/mol. The van der Waals surface area contributed by atoms with Gasteiger partial charge >= 0.3 is 0 Å². The second-order valence-corrected chi connectivity index (χ2v) is 4.62. The van der Waals surface area contributed by atoms with Crippen LogP contribution in [-0.4, -0.2) is 25.4 Å². The number of hydrogen-bond acceptors (Lipinski definition) is 3. The molecule has 3 heteroatoms. The summed E-state index contributed by atoms with van der Waals surface area (Å²) in [5.41, 5.74) is 6.99. The highest BCUT2D eigenvalue weighted by molar-refractivity contribution is 5.13. The minimum Gasteiger partial charge on any atom is -0.377 e. The summed E-state index contributed by atoms with van der Waals surface area (Å²) in [6, 6.07) is 10.5. The molecule has 2 rings (SSSR count). The Kier molecular flexibility index (Phi) is 4.98. The molecule has 0 spiro atoms. The van der Waals surface area contributed by atoms with Gasteiger partial charge in [0.1, 0.15) is 0 Å². The van der Waals surface area contributed by atoms with Crippen LogP contribution in [-0.2, 0) is 16.1 Å². The topological polar surface area (TPSA) is 44.5 Å². The van der Waals surface area contributed by atoms with Crippen molar-refractivity contribution < 1.29 is 9.47 Å². The van der Waals surface area contributed by atoms with Crippen molar-refractivity contribution >= 4 is 0 Å². The summed E-state index contributed by atoms with van der Waals surface area (Å²) < 4.78 is 11.3. The molecule has 0 aromatic heterocycles. The van der Waals surface area contributed by atoms with Crippen LogP contribution in [0.25, 0.3) is 0 Å². The Morgan fingerprint density at radius 1 is 1.24 bits per heavy atom. The molecule has 94 valence electrons. The summed E-state index contributed by atoms with van der Waals surface area (Å²) in [7, 11) is 0. The number of nitrogens with two attached hydrogens (primary N) is 1. The number of rotatable bonds is 5. The van der Waals surface area contributed by atoms with Gasteiger partial charge in [0.25, 0.3) is 0 Å². The van der Waals surface area contributed by atoms with Gasteiger partial charge in [0.15, 0.2) is 0 Å². The van der Waals surface area contributed by atoms with Crippen molar-refractivity contribution in [2.45, 2.75) is 38.0 Å². The Hall–Kier alpha value is -0.900. The minimum absolute atomic E-state index is 0.233. The maximum atomic E-state index is 5.77. The Balaban J connectivity index is 1.57. The van der Waals surface area contributed by atoms with E-state index >= 15 is 0 Å². The molecule has 3 nitrogen and oxygen atoms in total. The largest absolute Gasteiger partial charge is 0.377 e. The first-order valence-corrected chi connectivity index (χ1v) is 6.33. The Bertz CT molecular complexity index is 307. The van der Waals surface area contributed by atoms with Gasteiger partial charge in [-0.05, 0) is 24.8 Å². The first kappa shape index (κ1) is 12.6. The fraction of sp³-hybridized carbons (Fsp3) is 0.571. The highest BCUT2D eigenvalue weighted by atomic mass is 16.5. The van der Waals surface area contributed by atoms with E-state index in [0.29, 0.717) is 19.3 Å². The molecule has 1 aromatic rings. The first-order valence-electron chi connectivity index (χ1n) is 6.33. The summed E-state index contributed by atoms with van der Waals surface area (Å²) in [6.45, 7) is 2.14. The van der Waals surface area contributed by atoms with Crippen LogP contribution in [0.15, 0.2) is 30.3 Å². The zero-order chi connectivity index (χ0) is 11.9. The maximum Gasteiger partial charge on any atom is 0.0716 e. The molecule has 2 atom stereocenters. The first-order chi connectivity index (χ1) is 8.34. The van der Waals surface area contributed by atoms with Crippen molar-refractivity contribution in [2.75, 3.05) is 13.2 Å². The van der Waals surface area contributed by atoms with E-state index in [0.717, 1.165) is 25.9 Å². The normalized spacial score (nSPS) is 24.8. The van der Waals surface area contributed by atoms with Crippen molar-refractivity contribution in [3.63, 3.8) is 0 Å². The smallest absolute Gasteiger partial charge is 0.0716 e. The van der Waals surface area contributed by atoms with Crippen molar-refractivity contribution in [2.24, 2.45) is 5.73 Å². The predicted octanol–water partition coefficient (Wildman–Crippen LogP) is 2.10. The molecule has 0 saturated carbocycles. The van der Waals surface area contributed by atoms with E-state index in [1.165, 1.54) is 5.56 Å². The zero-order valence-electron chi connectivity index (χ0n) is 10.2. The van der Waals surface area contributed by atoms with Gasteiger partial charge in [-0.2, -0.15) is 0 Å². The van der Waals surface area contributed by atoms with Gasteiger partial charge in [-0.3, -0.25) is 0 Å². The van der Waals surface area contributed by atoms with Crippen LogP contribution in [0.1, 0.15) is 24.8 Å². The van der Waals surface area contributed by atoms with Crippen molar-refractivity contribution in [1.82, 2.24) is 0 Å². The molecule has 2 N–H and O–H groups in total. The molecule has 0 bridgehead atoms. The van der Waals surface area contributed by atoms with Crippen LogP contribution in [0.3, 0.4) is 0 Å². The minimum atomic E-state index is 0.233. The lowest BCUT2D eigenvalue weighted by Gasteiger charge is -2.26. The Labute approximate surface area is 103 Å². The van der Waals surface area contributed by atoms with Crippen LogP contribution in [0.4, 0.5) is 0 Å². The third-order valence-electron chi connectivity index (χ3n) is 3.10. The number of benzene rings is 1. The quantitative estimate of drug-likeness (QED) is 0.795. The second kappa shape index (κ2) is 6.74. The lowest BCUT2D eigenvalue weighted by atomic mass is 10.0. The number of hydrogen-bond donors (Lipinski definition) is 1. The summed E-state index contributed by atoms with van der Waals surface area (Å²) in [5.74, 6) is 0. The van der Waals surface area contributed by atoms with E-state index in [2.05, 4.69) is 12.1 Å². The molecule has 0 radical (unpaired) electrons. The fourth-order valence-electron chi connectivity index (χ4n) is 2.03. The van der Waals surface area contributed by atoms with E-state index in [1.54, 1.807) is 0 Å². The molecule has 1 saturated heterocycles. The molecular weight excluding hydrogens is 214 g/mol. The van der Waals surface area contributed by atoms with Crippen LogP contribution in [0, 0.1) is 0 Å². The summed E-state index contributed by atoms with van der Waals surface area (Å²) in [4.78, 5) is 0. The second-order valence-electron chi connectivity index (χ2n) is 4.62. The third kappa shape index (κ3) is 4.46. The average Bonchev–Trinajstić information content (AvgIpc) is 2.38. The molecule has 1 unspecified atom stereocenters. The SMILES string of the molecule is N[C@H]1CCC(CCOCc2ccccc2)OC1. The third-order valence-corrected chi connectivity index (χ3v) is 3.10. The van der Waals surface area contributed by atoms with Gasteiger partial charge in [0.2, 0.25) is 0 Å². The van der Waals surface area contributed by atoms with Crippen LogP contribution >= 0.6 is 0 Å². The maximum absolute atomic E-state index is 5.77. The molecule has 1 fully saturated rings. The molecule has 1 heterocycles. The molecule has 1 aliphatic rings. The van der Waals surface area contributed by atoms with Crippen molar-refractivity contribution in [3.05, 3.63) is 35.9 Å². The summed E-state index contributed by atoms with van der Waals surface area (Å²) in [6.07, 6.45) is 3.45. The summed E-state index contributed by atoms with van der Waals surface area (Å²) in [5, 5.41) is 0. The predicted molar refractivity (Wildman–Crippen MR) is 67.7 cm³/mol. The van der Waals surface area contributed by atoms with Gasteiger partial charge in [0.05, 0.1) is 19.3 Å². The lowest BCUT2D eigenvalue weighted by Crippen LogP contribution is -2.35. The highest BCUT2D eigenvalue weighted by Crippen LogP contribution is 2.15.